The molecular weight excluding hydrogens is 404 g/mol. The molecule has 0 radical (unpaired) electrons. The molecular formula is C21H20N4O4S. The minimum absolute atomic E-state index is 0.116. The van der Waals surface area contributed by atoms with Crippen LogP contribution in [0.4, 0.5) is 0 Å². The van der Waals surface area contributed by atoms with Crippen LogP contribution in [0.5, 0.6) is 0 Å². The Hall–Kier alpha value is -3.46. The standard InChI is InChI=1S/C21H20N4O4S/c1-30(28,29)16-12-10-14(11-13-16)20(26)22-23-21(27)19-17-8-5-9-18(17)25(24-19)15-6-3-2-4-7-15/h2-4,6-7,10-13H,5,8-9H2,1H3,(H,22,26)(H,23,27). The molecule has 4 rings (SSSR count). The third-order valence-electron chi connectivity index (χ3n) is 4.98. The number of nitrogens with one attached hydrogen (secondary N) is 2. The van der Waals surface area contributed by atoms with E-state index in [-0.39, 0.29) is 10.5 Å². The predicted octanol–water partition coefficient (Wildman–Crippen LogP) is 1.84. The highest BCUT2D eigenvalue weighted by molar-refractivity contribution is 7.90. The van der Waals surface area contributed by atoms with E-state index in [2.05, 4.69) is 16.0 Å². The van der Waals surface area contributed by atoms with Crippen LogP contribution in [0.2, 0.25) is 0 Å². The van der Waals surface area contributed by atoms with E-state index in [1.54, 1.807) is 4.68 Å². The van der Waals surface area contributed by atoms with Gasteiger partial charge in [0.05, 0.1) is 10.6 Å². The molecule has 0 aliphatic heterocycles. The second-order valence-corrected chi connectivity index (χ2v) is 9.10. The number of para-hydroxylation sites is 1. The fraction of sp³-hybridized carbons (Fsp3) is 0.190. The summed E-state index contributed by atoms with van der Waals surface area (Å²) in [6.45, 7) is 0. The summed E-state index contributed by atoms with van der Waals surface area (Å²) in [7, 11) is -3.35. The van der Waals surface area contributed by atoms with Crippen molar-refractivity contribution in [1.82, 2.24) is 20.6 Å². The molecule has 1 aliphatic carbocycles. The van der Waals surface area contributed by atoms with Crippen LogP contribution in [0.3, 0.4) is 0 Å². The van der Waals surface area contributed by atoms with Gasteiger partial charge in [-0.3, -0.25) is 20.4 Å². The topological polar surface area (TPSA) is 110 Å². The number of carbonyl (C=O) groups excluding carboxylic acids is 2. The van der Waals surface area contributed by atoms with Crippen LogP contribution in [-0.4, -0.2) is 36.3 Å². The molecule has 9 heteroatoms. The summed E-state index contributed by atoms with van der Waals surface area (Å²) in [5.74, 6) is -1.05. The number of sulfone groups is 1. The molecule has 2 N–H and O–H groups in total. The highest BCUT2D eigenvalue weighted by Crippen LogP contribution is 2.27. The average Bonchev–Trinajstić information content (AvgIpc) is 3.34. The van der Waals surface area contributed by atoms with Crippen molar-refractivity contribution in [3.63, 3.8) is 0 Å². The number of hydrogen-bond donors (Lipinski definition) is 2. The first-order chi connectivity index (χ1) is 14.3. The molecule has 0 bridgehead atoms. The number of amides is 2. The normalized spacial score (nSPS) is 13.0. The summed E-state index contributed by atoms with van der Waals surface area (Å²) in [6, 6.07) is 15.1. The van der Waals surface area contributed by atoms with Crippen LogP contribution in [0, 0.1) is 0 Å². The molecule has 0 saturated heterocycles. The molecule has 8 nitrogen and oxygen atoms in total. The molecule has 1 aromatic heterocycles. The Morgan fingerprint density at radius 1 is 0.933 bits per heavy atom. The Morgan fingerprint density at radius 2 is 1.60 bits per heavy atom. The summed E-state index contributed by atoms with van der Waals surface area (Å²) < 4.78 is 24.8. The van der Waals surface area contributed by atoms with E-state index in [1.165, 1.54) is 24.3 Å². The lowest BCUT2D eigenvalue weighted by Gasteiger charge is -2.07. The first-order valence-electron chi connectivity index (χ1n) is 9.41. The van der Waals surface area contributed by atoms with Gasteiger partial charge >= 0.3 is 0 Å². The van der Waals surface area contributed by atoms with Crippen molar-refractivity contribution in [2.75, 3.05) is 6.26 Å². The fourth-order valence-electron chi connectivity index (χ4n) is 3.50. The molecule has 3 aromatic rings. The van der Waals surface area contributed by atoms with Gasteiger partial charge in [-0.2, -0.15) is 5.10 Å². The largest absolute Gasteiger partial charge is 0.290 e. The van der Waals surface area contributed by atoms with Gasteiger partial charge in [0.1, 0.15) is 0 Å². The van der Waals surface area contributed by atoms with E-state index in [0.29, 0.717) is 5.69 Å². The fourth-order valence-corrected chi connectivity index (χ4v) is 4.13. The molecule has 0 atom stereocenters. The van der Waals surface area contributed by atoms with Crippen LogP contribution < -0.4 is 10.9 Å². The molecule has 0 spiro atoms. The number of aromatic nitrogens is 2. The van der Waals surface area contributed by atoms with Gasteiger partial charge in [0, 0.05) is 23.1 Å². The number of hydrazine groups is 1. The summed E-state index contributed by atoms with van der Waals surface area (Å²) in [5.41, 5.74) is 8.06. The van der Waals surface area contributed by atoms with Crippen LogP contribution >= 0.6 is 0 Å². The number of benzene rings is 2. The molecule has 1 heterocycles. The van der Waals surface area contributed by atoms with Crippen molar-refractivity contribution in [1.29, 1.82) is 0 Å². The maximum atomic E-state index is 12.7. The smallest absolute Gasteiger partial charge is 0.267 e. The average molecular weight is 424 g/mol. The Balaban J connectivity index is 1.49. The third kappa shape index (κ3) is 3.84. The lowest BCUT2D eigenvalue weighted by molar-refractivity contribution is 0.0843. The van der Waals surface area contributed by atoms with Gasteiger partial charge in [-0.15, -0.1) is 0 Å². The van der Waals surface area contributed by atoms with E-state index in [1.807, 2.05) is 30.3 Å². The van der Waals surface area contributed by atoms with Crippen LogP contribution in [0.1, 0.15) is 38.5 Å². The first kappa shape index (κ1) is 19.8. The number of nitrogens with zero attached hydrogens (tertiary/aromatic N) is 2. The molecule has 0 fully saturated rings. The van der Waals surface area contributed by atoms with E-state index in [4.69, 9.17) is 0 Å². The monoisotopic (exact) mass is 424 g/mol. The number of carbonyl (C=O) groups is 2. The zero-order valence-electron chi connectivity index (χ0n) is 16.3. The Bertz CT molecular complexity index is 1220. The molecule has 0 saturated carbocycles. The molecule has 30 heavy (non-hydrogen) atoms. The van der Waals surface area contributed by atoms with Crippen LogP contribution in [-0.2, 0) is 22.7 Å². The molecule has 2 amide bonds. The number of fused-ring (bicyclic) bond motifs is 1. The SMILES string of the molecule is CS(=O)(=O)c1ccc(C(=O)NNC(=O)c2nn(-c3ccccc3)c3c2CCC3)cc1. The Kier molecular flexibility index (Phi) is 5.13. The van der Waals surface area contributed by atoms with Crippen molar-refractivity contribution in [3.05, 3.63) is 77.1 Å². The minimum atomic E-state index is -3.35. The number of rotatable bonds is 4. The van der Waals surface area contributed by atoms with Crippen molar-refractivity contribution in [2.24, 2.45) is 0 Å². The maximum Gasteiger partial charge on any atom is 0.290 e. The highest BCUT2D eigenvalue weighted by Gasteiger charge is 2.27. The third-order valence-corrected chi connectivity index (χ3v) is 6.11. The molecule has 1 aliphatic rings. The van der Waals surface area contributed by atoms with E-state index in [9.17, 15) is 18.0 Å². The predicted molar refractivity (Wildman–Crippen MR) is 110 cm³/mol. The maximum absolute atomic E-state index is 12.7. The summed E-state index contributed by atoms with van der Waals surface area (Å²) in [6.07, 6.45) is 3.63. The van der Waals surface area contributed by atoms with Gasteiger partial charge in [0.2, 0.25) is 0 Å². The second-order valence-electron chi connectivity index (χ2n) is 7.08. The van der Waals surface area contributed by atoms with E-state index in [0.717, 1.165) is 42.5 Å². The summed E-state index contributed by atoms with van der Waals surface area (Å²) >= 11 is 0. The Morgan fingerprint density at radius 3 is 2.27 bits per heavy atom. The van der Waals surface area contributed by atoms with E-state index < -0.39 is 21.7 Å². The van der Waals surface area contributed by atoms with Crippen molar-refractivity contribution >= 4 is 21.7 Å². The minimum Gasteiger partial charge on any atom is -0.267 e. The van der Waals surface area contributed by atoms with Gasteiger partial charge in [-0.1, -0.05) is 18.2 Å². The van der Waals surface area contributed by atoms with Crippen LogP contribution in [0.25, 0.3) is 5.69 Å². The van der Waals surface area contributed by atoms with Gasteiger partial charge < -0.3 is 0 Å². The van der Waals surface area contributed by atoms with Gasteiger partial charge in [-0.25, -0.2) is 13.1 Å². The second kappa shape index (κ2) is 7.75. The number of hydrogen-bond acceptors (Lipinski definition) is 5. The van der Waals surface area contributed by atoms with Crippen molar-refractivity contribution < 1.29 is 18.0 Å². The highest BCUT2D eigenvalue weighted by atomic mass is 32.2. The van der Waals surface area contributed by atoms with Gasteiger partial charge in [0.25, 0.3) is 11.8 Å². The molecule has 0 unspecified atom stereocenters. The van der Waals surface area contributed by atoms with Crippen molar-refractivity contribution in [2.45, 2.75) is 24.2 Å². The lowest BCUT2D eigenvalue weighted by atomic mass is 10.2. The summed E-state index contributed by atoms with van der Waals surface area (Å²) in [5, 5.41) is 4.48. The zero-order chi connectivity index (χ0) is 21.3. The molecule has 154 valence electrons. The van der Waals surface area contributed by atoms with Gasteiger partial charge in [0.15, 0.2) is 15.5 Å². The zero-order valence-corrected chi connectivity index (χ0v) is 17.1. The van der Waals surface area contributed by atoms with Crippen molar-refractivity contribution in [3.8, 4) is 5.69 Å². The first-order valence-corrected chi connectivity index (χ1v) is 11.3. The quantitative estimate of drug-likeness (QED) is 0.621. The van der Waals surface area contributed by atoms with Gasteiger partial charge in [-0.05, 0) is 55.7 Å². The van der Waals surface area contributed by atoms with E-state index >= 15 is 0 Å². The molecule has 2 aromatic carbocycles. The van der Waals surface area contributed by atoms with Crippen LogP contribution in [0.15, 0.2) is 59.5 Å². The Labute approximate surface area is 173 Å². The lowest BCUT2D eigenvalue weighted by Crippen LogP contribution is -2.42. The summed E-state index contributed by atoms with van der Waals surface area (Å²) in [4.78, 5) is 25.1.